The van der Waals surface area contributed by atoms with Gasteiger partial charge in [0.15, 0.2) is 5.78 Å². The molecular weight excluding hydrogens is 266 g/mol. The van der Waals surface area contributed by atoms with Gasteiger partial charge >= 0.3 is 5.97 Å². The molecule has 1 atom stereocenters. The Hall–Kier alpha value is -1.68. The van der Waals surface area contributed by atoms with E-state index < -0.39 is 11.9 Å². The normalized spacial score (nSPS) is 16.8. The predicted octanol–water partition coefficient (Wildman–Crippen LogP) is 2.62. The van der Waals surface area contributed by atoms with Gasteiger partial charge in [0.2, 0.25) is 0 Å². The first-order valence-corrected chi connectivity index (χ1v) is 7.67. The maximum absolute atomic E-state index is 12.6. The van der Waals surface area contributed by atoms with Gasteiger partial charge in [0.25, 0.3) is 0 Å². The zero-order valence-electron chi connectivity index (χ0n) is 12.5. The Morgan fingerprint density at radius 1 is 1.19 bits per heavy atom. The van der Waals surface area contributed by atoms with Gasteiger partial charge in [-0.15, -0.1) is 0 Å². The van der Waals surface area contributed by atoms with Gasteiger partial charge in [-0.05, 0) is 37.9 Å². The van der Waals surface area contributed by atoms with Gasteiger partial charge in [0, 0.05) is 18.0 Å². The van der Waals surface area contributed by atoms with Crippen LogP contribution in [0.2, 0.25) is 0 Å². The molecule has 1 aliphatic rings. The van der Waals surface area contributed by atoms with Crippen LogP contribution in [-0.2, 0) is 11.2 Å². The summed E-state index contributed by atoms with van der Waals surface area (Å²) in [7, 11) is 0. The van der Waals surface area contributed by atoms with Crippen molar-refractivity contribution in [2.75, 3.05) is 19.6 Å². The lowest BCUT2D eigenvalue weighted by Crippen LogP contribution is -2.32. The molecule has 0 aliphatic carbocycles. The highest BCUT2D eigenvalue weighted by molar-refractivity contribution is 5.99. The van der Waals surface area contributed by atoms with Gasteiger partial charge < -0.3 is 10.0 Å². The smallest absolute Gasteiger partial charge is 0.304 e. The number of carboxylic acids is 1. The van der Waals surface area contributed by atoms with Crippen molar-refractivity contribution >= 4 is 11.8 Å². The largest absolute Gasteiger partial charge is 0.481 e. The second-order valence-corrected chi connectivity index (χ2v) is 5.72. The molecule has 0 bridgehead atoms. The molecule has 0 radical (unpaired) electrons. The highest BCUT2D eigenvalue weighted by Gasteiger charge is 2.26. The number of Topliss-reactive ketones (excluding diaryl/α,β-unsaturated/α-hetero) is 1. The van der Waals surface area contributed by atoms with E-state index in [-0.39, 0.29) is 12.2 Å². The van der Waals surface area contributed by atoms with Crippen molar-refractivity contribution in [2.24, 2.45) is 5.92 Å². The van der Waals surface area contributed by atoms with Crippen LogP contribution in [0.25, 0.3) is 0 Å². The molecular formula is C17H23NO3. The SMILES string of the molecule is CCc1ccc(C(=O)C(CC(=O)O)CN2CCCC2)cc1. The fraction of sp³-hybridized carbons (Fsp3) is 0.529. The van der Waals surface area contributed by atoms with Crippen LogP contribution in [0, 0.1) is 5.92 Å². The number of nitrogens with zero attached hydrogens (tertiary/aromatic N) is 1. The second-order valence-electron chi connectivity index (χ2n) is 5.72. The van der Waals surface area contributed by atoms with E-state index in [0.717, 1.165) is 32.4 Å². The molecule has 1 aromatic rings. The summed E-state index contributed by atoms with van der Waals surface area (Å²) in [6.45, 7) is 4.56. The first-order valence-electron chi connectivity index (χ1n) is 7.67. The molecule has 1 saturated heterocycles. The maximum atomic E-state index is 12.6. The number of likely N-dealkylation sites (tertiary alicyclic amines) is 1. The van der Waals surface area contributed by atoms with Crippen molar-refractivity contribution in [1.82, 2.24) is 4.90 Å². The van der Waals surface area contributed by atoms with E-state index in [1.807, 2.05) is 24.3 Å². The molecule has 2 rings (SSSR count). The Bertz CT molecular complexity index is 489. The molecule has 1 aromatic carbocycles. The standard InChI is InChI=1S/C17H23NO3/c1-2-13-5-7-14(8-6-13)17(21)15(11-16(19)20)12-18-9-3-4-10-18/h5-8,15H,2-4,9-12H2,1H3,(H,19,20). The molecule has 0 amide bonds. The van der Waals surface area contributed by atoms with E-state index in [0.29, 0.717) is 12.1 Å². The molecule has 1 fully saturated rings. The minimum atomic E-state index is -0.905. The van der Waals surface area contributed by atoms with Crippen molar-refractivity contribution in [2.45, 2.75) is 32.6 Å². The summed E-state index contributed by atoms with van der Waals surface area (Å²) in [4.78, 5) is 25.8. The summed E-state index contributed by atoms with van der Waals surface area (Å²) < 4.78 is 0. The van der Waals surface area contributed by atoms with Crippen molar-refractivity contribution < 1.29 is 14.7 Å². The molecule has 1 heterocycles. The molecule has 1 aliphatic heterocycles. The summed E-state index contributed by atoms with van der Waals surface area (Å²) in [6.07, 6.45) is 3.12. The number of hydrogen-bond donors (Lipinski definition) is 1. The number of carbonyl (C=O) groups is 2. The second kappa shape index (κ2) is 7.36. The topological polar surface area (TPSA) is 57.6 Å². The Labute approximate surface area is 125 Å². The first kappa shape index (κ1) is 15.7. The van der Waals surface area contributed by atoms with Crippen LogP contribution in [0.3, 0.4) is 0 Å². The number of rotatable bonds is 7. The van der Waals surface area contributed by atoms with Crippen molar-refractivity contribution in [3.8, 4) is 0 Å². The number of hydrogen-bond acceptors (Lipinski definition) is 3. The average Bonchev–Trinajstić information content (AvgIpc) is 2.98. The molecule has 21 heavy (non-hydrogen) atoms. The van der Waals surface area contributed by atoms with E-state index in [1.165, 1.54) is 5.56 Å². The number of ketones is 1. The third-order valence-electron chi connectivity index (χ3n) is 4.12. The maximum Gasteiger partial charge on any atom is 0.304 e. The Morgan fingerprint density at radius 2 is 1.81 bits per heavy atom. The minimum Gasteiger partial charge on any atom is -0.481 e. The number of aryl methyl sites for hydroxylation is 1. The van der Waals surface area contributed by atoms with Crippen LogP contribution in [-0.4, -0.2) is 41.4 Å². The summed E-state index contributed by atoms with van der Waals surface area (Å²) in [5.41, 5.74) is 1.80. The van der Waals surface area contributed by atoms with Gasteiger partial charge in [0.1, 0.15) is 0 Å². The molecule has 1 unspecified atom stereocenters. The van der Waals surface area contributed by atoms with E-state index in [2.05, 4.69) is 11.8 Å². The van der Waals surface area contributed by atoms with Gasteiger partial charge in [0.05, 0.1) is 6.42 Å². The van der Waals surface area contributed by atoms with Crippen molar-refractivity contribution in [3.05, 3.63) is 35.4 Å². The van der Waals surface area contributed by atoms with Crippen LogP contribution in [0.4, 0.5) is 0 Å². The van der Waals surface area contributed by atoms with E-state index in [9.17, 15) is 9.59 Å². The average molecular weight is 289 g/mol. The van der Waals surface area contributed by atoms with Crippen LogP contribution < -0.4 is 0 Å². The molecule has 4 nitrogen and oxygen atoms in total. The van der Waals surface area contributed by atoms with Crippen LogP contribution in [0.15, 0.2) is 24.3 Å². The zero-order valence-corrected chi connectivity index (χ0v) is 12.5. The summed E-state index contributed by atoms with van der Waals surface area (Å²) in [5, 5.41) is 9.07. The number of carbonyl (C=O) groups excluding carboxylic acids is 1. The van der Waals surface area contributed by atoms with Crippen LogP contribution >= 0.6 is 0 Å². The van der Waals surface area contributed by atoms with Crippen molar-refractivity contribution in [3.63, 3.8) is 0 Å². The Kier molecular flexibility index (Phi) is 5.51. The number of aliphatic carboxylic acids is 1. The lowest BCUT2D eigenvalue weighted by Gasteiger charge is -2.21. The highest BCUT2D eigenvalue weighted by Crippen LogP contribution is 2.18. The molecule has 1 N–H and O–H groups in total. The van der Waals surface area contributed by atoms with Crippen molar-refractivity contribution in [1.29, 1.82) is 0 Å². The zero-order chi connectivity index (χ0) is 15.2. The highest BCUT2D eigenvalue weighted by atomic mass is 16.4. The van der Waals surface area contributed by atoms with E-state index in [4.69, 9.17) is 5.11 Å². The molecule has 4 heteroatoms. The predicted molar refractivity (Wildman–Crippen MR) is 81.6 cm³/mol. The fourth-order valence-corrected chi connectivity index (χ4v) is 2.87. The third kappa shape index (κ3) is 4.39. The lowest BCUT2D eigenvalue weighted by atomic mass is 9.93. The van der Waals surface area contributed by atoms with E-state index in [1.54, 1.807) is 0 Å². The van der Waals surface area contributed by atoms with Gasteiger partial charge in [-0.25, -0.2) is 0 Å². The molecule has 0 aromatic heterocycles. The molecule has 114 valence electrons. The Balaban J connectivity index is 2.09. The minimum absolute atomic E-state index is 0.0491. The molecule has 0 saturated carbocycles. The Morgan fingerprint density at radius 3 is 2.33 bits per heavy atom. The van der Waals surface area contributed by atoms with Crippen LogP contribution in [0.1, 0.15) is 42.1 Å². The van der Waals surface area contributed by atoms with E-state index >= 15 is 0 Å². The molecule has 0 spiro atoms. The van der Waals surface area contributed by atoms with Gasteiger partial charge in [-0.1, -0.05) is 31.2 Å². The third-order valence-corrected chi connectivity index (χ3v) is 4.12. The van der Waals surface area contributed by atoms with Gasteiger partial charge in [-0.3, -0.25) is 9.59 Å². The monoisotopic (exact) mass is 289 g/mol. The van der Waals surface area contributed by atoms with Crippen LogP contribution in [0.5, 0.6) is 0 Å². The number of benzene rings is 1. The number of carboxylic acid groups (broad SMARTS) is 1. The summed E-state index contributed by atoms with van der Waals surface area (Å²) >= 11 is 0. The lowest BCUT2D eigenvalue weighted by molar-refractivity contribution is -0.137. The summed E-state index contributed by atoms with van der Waals surface area (Å²) in [5.74, 6) is -1.40. The summed E-state index contributed by atoms with van der Waals surface area (Å²) in [6, 6.07) is 7.53. The fourth-order valence-electron chi connectivity index (χ4n) is 2.87. The quantitative estimate of drug-likeness (QED) is 0.784. The van der Waals surface area contributed by atoms with Gasteiger partial charge in [-0.2, -0.15) is 0 Å². The first-order chi connectivity index (χ1) is 10.1.